The first-order valence-electron chi connectivity index (χ1n) is 11.1. The van der Waals surface area contributed by atoms with Gasteiger partial charge in [-0.15, -0.1) is 0 Å². The van der Waals surface area contributed by atoms with Crippen molar-refractivity contribution in [3.05, 3.63) is 29.6 Å². The van der Waals surface area contributed by atoms with Crippen LogP contribution < -0.4 is 10.8 Å². The Morgan fingerprint density at radius 2 is 1.81 bits per heavy atom. The number of nitrogens with one attached hydrogen (secondary N) is 1. The topological polar surface area (TPSA) is 77.1 Å². The maximum atomic E-state index is 14.6. The van der Waals surface area contributed by atoms with E-state index in [-0.39, 0.29) is 17.4 Å². The van der Waals surface area contributed by atoms with Crippen molar-refractivity contribution in [3.63, 3.8) is 0 Å². The number of carbonyl (C=O) groups is 2. The maximum absolute atomic E-state index is 14.6. The molecule has 2 aliphatic heterocycles. The van der Waals surface area contributed by atoms with E-state index in [1.807, 2.05) is 27.7 Å². The second kappa shape index (κ2) is 8.67. The smallest absolute Gasteiger partial charge is 0.444 e. The lowest BCUT2D eigenvalue weighted by Gasteiger charge is -2.33. The Hall–Kier alpha value is -2.13. The van der Waals surface area contributed by atoms with E-state index in [0.717, 1.165) is 12.8 Å². The normalized spacial score (nSPS) is 22.6. The lowest BCUT2D eigenvalue weighted by Crippen LogP contribution is -2.50. The molecule has 1 atom stereocenters. The highest BCUT2D eigenvalue weighted by atomic mass is 19.1. The molecule has 0 bridgehead atoms. The molecule has 0 saturated carbocycles. The summed E-state index contributed by atoms with van der Waals surface area (Å²) in [6.45, 7) is 13.9. The van der Waals surface area contributed by atoms with E-state index in [9.17, 15) is 14.0 Å². The highest BCUT2D eigenvalue weighted by Gasteiger charge is 2.52. The van der Waals surface area contributed by atoms with Crippen LogP contribution in [0.4, 0.5) is 9.18 Å². The molecule has 1 aromatic carbocycles. The number of nitrogens with zero attached hydrogens (tertiary/aromatic N) is 1. The molecule has 3 rings (SSSR count). The molecule has 32 heavy (non-hydrogen) atoms. The zero-order chi connectivity index (χ0) is 23.9. The SMILES string of the molecule is CC(C)(C)OC(=O)N[C@H]1CCCN(C(=O)c2ccc(F)c(B3OC(C)(C)C(C)(C)O3)c2)C1. The monoisotopic (exact) mass is 448 g/mol. The number of amides is 2. The van der Waals surface area contributed by atoms with Crippen LogP contribution in [-0.2, 0) is 14.0 Å². The number of hydrogen-bond acceptors (Lipinski definition) is 5. The van der Waals surface area contributed by atoms with Crippen LogP contribution in [0.1, 0.15) is 71.7 Å². The van der Waals surface area contributed by atoms with Crippen molar-refractivity contribution in [1.29, 1.82) is 0 Å². The van der Waals surface area contributed by atoms with Crippen LogP contribution >= 0.6 is 0 Å². The van der Waals surface area contributed by atoms with Gasteiger partial charge in [0.25, 0.3) is 5.91 Å². The molecule has 1 aromatic rings. The van der Waals surface area contributed by atoms with E-state index in [4.69, 9.17) is 14.0 Å². The van der Waals surface area contributed by atoms with Crippen LogP contribution in [0.3, 0.4) is 0 Å². The molecule has 1 N–H and O–H groups in total. The Bertz CT molecular complexity index is 868. The fourth-order valence-corrected chi connectivity index (χ4v) is 3.76. The van der Waals surface area contributed by atoms with Crippen LogP contribution in [0.5, 0.6) is 0 Å². The molecule has 2 heterocycles. The molecule has 0 aromatic heterocycles. The number of hydrogen-bond donors (Lipinski definition) is 1. The highest BCUT2D eigenvalue weighted by molar-refractivity contribution is 6.62. The van der Waals surface area contributed by atoms with Gasteiger partial charge < -0.3 is 24.3 Å². The third kappa shape index (κ3) is 5.43. The molecule has 0 aliphatic carbocycles. The minimum absolute atomic E-state index is 0.203. The number of ether oxygens (including phenoxy) is 1. The Kier molecular flexibility index (Phi) is 6.64. The molecule has 176 valence electrons. The molecule has 2 fully saturated rings. The number of halogens is 1. The number of piperidine rings is 1. The summed E-state index contributed by atoms with van der Waals surface area (Å²) in [5.41, 5.74) is -1.26. The highest BCUT2D eigenvalue weighted by Crippen LogP contribution is 2.36. The average molecular weight is 448 g/mol. The Labute approximate surface area is 190 Å². The van der Waals surface area contributed by atoms with Crippen molar-refractivity contribution in [2.75, 3.05) is 13.1 Å². The van der Waals surface area contributed by atoms with Crippen molar-refractivity contribution < 1.29 is 28.0 Å². The number of benzene rings is 1. The molecule has 2 saturated heterocycles. The fourth-order valence-electron chi connectivity index (χ4n) is 3.76. The molecule has 0 unspecified atom stereocenters. The standard InChI is InChI=1S/C23H34BFN2O5/c1-21(2,3)30-20(29)26-16-9-8-12-27(14-16)19(28)15-10-11-18(25)17(13-15)24-31-22(4,5)23(6,7)32-24/h10-11,13,16H,8-9,12,14H2,1-7H3,(H,26,29)/t16-/m0/s1. The van der Waals surface area contributed by atoms with Gasteiger partial charge in [-0.1, -0.05) is 0 Å². The lowest BCUT2D eigenvalue weighted by molar-refractivity contribution is 0.00578. The van der Waals surface area contributed by atoms with Gasteiger partial charge >= 0.3 is 13.2 Å². The molecule has 0 spiro atoms. The zero-order valence-electron chi connectivity index (χ0n) is 20.1. The first kappa shape index (κ1) is 24.5. The minimum Gasteiger partial charge on any atom is -0.444 e. The maximum Gasteiger partial charge on any atom is 0.497 e. The van der Waals surface area contributed by atoms with Gasteiger partial charge in [0.15, 0.2) is 0 Å². The second-order valence-electron chi connectivity index (χ2n) is 10.6. The molecule has 2 amide bonds. The quantitative estimate of drug-likeness (QED) is 0.719. The fraction of sp³-hybridized carbons (Fsp3) is 0.652. The van der Waals surface area contributed by atoms with Gasteiger partial charge in [-0.3, -0.25) is 4.79 Å². The average Bonchev–Trinajstić information content (AvgIpc) is 2.87. The van der Waals surface area contributed by atoms with Crippen molar-refractivity contribution in [3.8, 4) is 0 Å². The van der Waals surface area contributed by atoms with E-state index >= 15 is 0 Å². The van der Waals surface area contributed by atoms with Crippen molar-refractivity contribution in [2.45, 2.75) is 84.2 Å². The lowest BCUT2D eigenvalue weighted by atomic mass is 9.77. The summed E-state index contributed by atoms with van der Waals surface area (Å²) in [5, 5.41) is 2.84. The van der Waals surface area contributed by atoms with Gasteiger partial charge in [-0.25, -0.2) is 9.18 Å². The number of rotatable bonds is 3. The van der Waals surface area contributed by atoms with Crippen LogP contribution in [0, 0.1) is 5.82 Å². The van der Waals surface area contributed by atoms with Crippen LogP contribution in [0.2, 0.25) is 0 Å². The van der Waals surface area contributed by atoms with E-state index in [0.29, 0.717) is 18.7 Å². The second-order valence-corrected chi connectivity index (χ2v) is 10.6. The van der Waals surface area contributed by atoms with Crippen LogP contribution in [0.15, 0.2) is 18.2 Å². The van der Waals surface area contributed by atoms with Gasteiger partial charge in [0.2, 0.25) is 0 Å². The third-order valence-electron chi connectivity index (χ3n) is 6.18. The van der Waals surface area contributed by atoms with Gasteiger partial charge in [0, 0.05) is 30.2 Å². The first-order chi connectivity index (χ1) is 14.7. The molecule has 0 radical (unpaired) electrons. The molecular formula is C23H34BFN2O5. The van der Waals surface area contributed by atoms with Gasteiger partial charge in [0.05, 0.1) is 11.2 Å². The van der Waals surface area contributed by atoms with Crippen LogP contribution in [0.25, 0.3) is 0 Å². The predicted molar refractivity (Wildman–Crippen MR) is 120 cm³/mol. The number of alkyl carbamates (subject to hydrolysis) is 1. The van der Waals surface area contributed by atoms with Crippen molar-refractivity contribution >= 4 is 24.6 Å². The third-order valence-corrected chi connectivity index (χ3v) is 6.18. The summed E-state index contributed by atoms with van der Waals surface area (Å²) >= 11 is 0. The Morgan fingerprint density at radius 3 is 2.41 bits per heavy atom. The number of likely N-dealkylation sites (tertiary alicyclic amines) is 1. The first-order valence-corrected chi connectivity index (χ1v) is 11.1. The summed E-state index contributed by atoms with van der Waals surface area (Å²) in [7, 11) is -0.893. The summed E-state index contributed by atoms with van der Waals surface area (Å²) in [6.07, 6.45) is 1.00. The minimum atomic E-state index is -0.893. The van der Waals surface area contributed by atoms with Gasteiger partial charge in [0.1, 0.15) is 11.4 Å². The molecule has 2 aliphatic rings. The summed E-state index contributed by atoms with van der Waals surface area (Å²) in [5.74, 6) is -0.707. The predicted octanol–water partition coefficient (Wildman–Crippen LogP) is 3.25. The van der Waals surface area contributed by atoms with Crippen molar-refractivity contribution in [1.82, 2.24) is 10.2 Å². The van der Waals surface area contributed by atoms with Gasteiger partial charge in [-0.2, -0.15) is 0 Å². The summed E-state index contributed by atoms with van der Waals surface area (Å²) in [4.78, 5) is 26.9. The molecule has 9 heteroatoms. The van der Waals surface area contributed by atoms with E-state index < -0.39 is 35.8 Å². The summed E-state index contributed by atoms with van der Waals surface area (Å²) in [6, 6.07) is 4.04. The Morgan fingerprint density at radius 1 is 1.19 bits per heavy atom. The van der Waals surface area contributed by atoms with Crippen LogP contribution in [-0.4, -0.2) is 60.0 Å². The largest absolute Gasteiger partial charge is 0.497 e. The van der Waals surface area contributed by atoms with E-state index in [1.165, 1.54) is 18.2 Å². The number of carbonyl (C=O) groups excluding carboxylic acids is 2. The van der Waals surface area contributed by atoms with E-state index in [2.05, 4.69) is 5.32 Å². The zero-order valence-corrected chi connectivity index (χ0v) is 20.1. The van der Waals surface area contributed by atoms with Crippen molar-refractivity contribution in [2.24, 2.45) is 0 Å². The summed E-state index contributed by atoms with van der Waals surface area (Å²) < 4.78 is 31.9. The molecular weight excluding hydrogens is 414 g/mol. The molecule has 7 nitrogen and oxygen atoms in total. The Balaban J connectivity index is 1.71. The van der Waals surface area contributed by atoms with Gasteiger partial charge in [-0.05, 0) is 79.5 Å². The van der Waals surface area contributed by atoms with E-state index in [1.54, 1.807) is 25.7 Å².